The van der Waals surface area contributed by atoms with Gasteiger partial charge in [-0.15, -0.1) is 11.3 Å². The van der Waals surface area contributed by atoms with Crippen LogP contribution in [0.1, 0.15) is 10.6 Å². The van der Waals surface area contributed by atoms with Gasteiger partial charge >= 0.3 is 0 Å². The summed E-state index contributed by atoms with van der Waals surface area (Å²) in [7, 11) is 0. The van der Waals surface area contributed by atoms with Gasteiger partial charge in [0, 0.05) is 22.5 Å². The lowest BCUT2D eigenvalue weighted by atomic mass is 10.1. The number of aliphatic hydroxyl groups excluding tert-OH is 1. The molecule has 0 aliphatic heterocycles. The minimum absolute atomic E-state index is 0.361. The topological polar surface area (TPSA) is 33.1 Å². The van der Waals surface area contributed by atoms with Crippen molar-refractivity contribution >= 4 is 27.3 Å². The lowest BCUT2D eigenvalue weighted by Gasteiger charge is -2.08. The second-order valence-corrected chi connectivity index (χ2v) is 5.51. The third-order valence-corrected chi connectivity index (χ3v) is 3.55. The lowest BCUT2D eigenvalue weighted by Crippen LogP contribution is -2.13. The third-order valence-electron chi connectivity index (χ3n) is 2.25. The van der Waals surface area contributed by atoms with Gasteiger partial charge in [0.05, 0.1) is 11.1 Å². The highest BCUT2D eigenvalue weighted by molar-refractivity contribution is 9.10. The smallest absolute Gasteiger partial charge is 0.0950 e. The van der Waals surface area contributed by atoms with Crippen molar-refractivity contribution in [2.75, 3.05) is 0 Å². The summed E-state index contributed by atoms with van der Waals surface area (Å²) in [5.41, 5.74) is 1.14. The summed E-state index contributed by atoms with van der Waals surface area (Å²) in [6.45, 7) is 0. The molecule has 1 N–H and O–H groups in total. The summed E-state index contributed by atoms with van der Waals surface area (Å²) in [5.74, 6) is 0. The Labute approximate surface area is 107 Å². The molecular formula is C12H12BrNOS. The predicted molar refractivity (Wildman–Crippen MR) is 69.7 cm³/mol. The van der Waals surface area contributed by atoms with Crippen LogP contribution in [-0.4, -0.2) is 16.2 Å². The average molecular weight is 298 g/mol. The van der Waals surface area contributed by atoms with Gasteiger partial charge in [-0.05, 0) is 24.1 Å². The summed E-state index contributed by atoms with van der Waals surface area (Å²) in [6.07, 6.45) is 2.70. The number of aliphatic hydroxyl groups is 1. The highest BCUT2D eigenvalue weighted by atomic mass is 79.9. The number of benzene rings is 1. The molecular weight excluding hydrogens is 286 g/mol. The standard InChI is InChI=1S/C12H12BrNOS/c13-10-3-1-2-9(6-10)7-11(15)8-12-14-4-5-16-12/h1-6,11,15H,7-8H2. The van der Waals surface area contributed by atoms with Crippen LogP contribution in [-0.2, 0) is 12.8 Å². The zero-order valence-electron chi connectivity index (χ0n) is 8.64. The van der Waals surface area contributed by atoms with Crippen LogP contribution in [0.2, 0.25) is 0 Å². The van der Waals surface area contributed by atoms with Crippen LogP contribution in [0.15, 0.2) is 40.3 Å². The van der Waals surface area contributed by atoms with Gasteiger partial charge < -0.3 is 5.11 Å². The second kappa shape index (κ2) is 5.57. The van der Waals surface area contributed by atoms with Crippen molar-refractivity contribution in [3.8, 4) is 0 Å². The van der Waals surface area contributed by atoms with Gasteiger partial charge in [0.1, 0.15) is 0 Å². The first-order chi connectivity index (χ1) is 7.74. The summed E-state index contributed by atoms with van der Waals surface area (Å²) in [4.78, 5) is 4.16. The molecule has 0 saturated carbocycles. The largest absolute Gasteiger partial charge is 0.392 e. The molecule has 0 aliphatic carbocycles. The van der Waals surface area contributed by atoms with E-state index in [1.54, 1.807) is 17.5 Å². The van der Waals surface area contributed by atoms with Crippen LogP contribution < -0.4 is 0 Å². The van der Waals surface area contributed by atoms with Crippen molar-refractivity contribution in [3.05, 3.63) is 50.9 Å². The molecule has 1 unspecified atom stereocenters. The molecule has 1 aromatic heterocycles. The Kier molecular flexibility index (Phi) is 4.09. The molecule has 1 aromatic carbocycles. The van der Waals surface area contributed by atoms with Crippen LogP contribution in [0.5, 0.6) is 0 Å². The molecule has 1 heterocycles. The van der Waals surface area contributed by atoms with Gasteiger partial charge in [0.2, 0.25) is 0 Å². The van der Waals surface area contributed by atoms with E-state index in [0.29, 0.717) is 12.8 Å². The van der Waals surface area contributed by atoms with E-state index < -0.39 is 0 Å². The third kappa shape index (κ3) is 3.40. The summed E-state index contributed by atoms with van der Waals surface area (Å²) in [6, 6.07) is 8.02. The molecule has 16 heavy (non-hydrogen) atoms. The molecule has 2 aromatic rings. The minimum atomic E-state index is -0.361. The number of rotatable bonds is 4. The van der Waals surface area contributed by atoms with Gasteiger partial charge in [0.25, 0.3) is 0 Å². The van der Waals surface area contributed by atoms with Crippen molar-refractivity contribution < 1.29 is 5.11 Å². The molecule has 2 nitrogen and oxygen atoms in total. The van der Waals surface area contributed by atoms with Crippen LogP contribution in [0.4, 0.5) is 0 Å². The number of halogens is 1. The fourth-order valence-corrected chi connectivity index (χ4v) is 2.70. The minimum Gasteiger partial charge on any atom is -0.392 e. The van der Waals surface area contributed by atoms with Gasteiger partial charge in [-0.3, -0.25) is 0 Å². The first-order valence-corrected chi connectivity index (χ1v) is 6.72. The molecule has 0 aliphatic rings. The SMILES string of the molecule is OC(Cc1cccc(Br)c1)Cc1nccs1. The zero-order chi connectivity index (χ0) is 11.4. The number of thiazole rings is 1. The van der Waals surface area contributed by atoms with Crippen molar-refractivity contribution in [2.45, 2.75) is 18.9 Å². The Morgan fingerprint density at radius 3 is 2.94 bits per heavy atom. The Morgan fingerprint density at radius 2 is 2.25 bits per heavy atom. The Bertz CT molecular complexity index is 444. The van der Waals surface area contributed by atoms with Crippen LogP contribution >= 0.6 is 27.3 Å². The van der Waals surface area contributed by atoms with Gasteiger partial charge in [-0.1, -0.05) is 28.1 Å². The zero-order valence-corrected chi connectivity index (χ0v) is 11.0. The summed E-state index contributed by atoms with van der Waals surface area (Å²) < 4.78 is 1.05. The second-order valence-electron chi connectivity index (χ2n) is 3.62. The maximum atomic E-state index is 9.92. The van der Waals surface area contributed by atoms with Crippen molar-refractivity contribution in [3.63, 3.8) is 0 Å². The highest BCUT2D eigenvalue weighted by Crippen LogP contribution is 2.15. The van der Waals surface area contributed by atoms with E-state index in [0.717, 1.165) is 15.0 Å². The normalized spacial score (nSPS) is 12.6. The fraction of sp³-hybridized carbons (Fsp3) is 0.250. The number of hydrogen-bond donors (Lipinski definition) is 1. The van der Waals surface area contributed by atoms with E-state index in [4.69, 9.17) is 0 Å². The van der Waals surface area contributed by atoms with Crippen molar-refractivity contribution in [1.82, 2.24) is 4.98 Å². The first kappa shape index (κ1) is 11.8. The molecule has 0 spiro atoms. The molecule has 0 amide bonds. The monoisotopic (exact) mass is 297 g/mol. The molecule has 84 valence electrons. The number of nitrogens with zero attached hydrogens (tertiary/aromatic N) is 1. The summed E-state index contributed by atoms with van der Waals surface area (Å²) >= 11 is 5.01. The highest BCUT2D eigenvalue weighted by Gasteiger charge is 2.08. The molecule has 0 saturated heterocycles. The first-order valence-electron chi connectivity index (χ1n) is 5.05. The van der Waals surface area contributed by atoms with E-state index in [2.05, 4.69) is 20.9 Å². The van der Waals surface area contributed by atoms with Crippen LogP contribution in [0.3, 0.4) is 0 Å². The Balaban J connectivity index is 1.94. The van der Waals surface area contributed by atoms with E-state index in [1.807, 2.05) is 29.6 Å². The Hall–Kier alpha value is -0.710. The van der Waals surface area contributed by atoms with Gasteiger partial charge in [-0.25, -0.2) is 4.98 Å². The number of hydrogen-bond acceptors (Lipinski definition) is 3. The predicted octanol–water partition coefficient (Wildman–Crippen LogP) is 3.05. The summed E-state index contributed by atoms with van der Waals surface area (Å²) in [5, 5.41) is 12.8. The quantitative estimate of drug-likeness (QED) is 0.941. The molecule has 4 heteroatoms. The molecule has 0 bridgehead atoms. The molecule has 0 radical (unpaired) electrons. The molecule has 2 rings (SSSR count). The average Bonchev–Trinajstić information content (AvgIpc) is 2.70. The van der Waals surface area contributed by atoms with Gasteiger partial charge in [0.15, 0.2) is 0 Å². The van der Waals surface area contributed by atoms with E-state index in [9.17, 15) is 5.11 Å². The van der Waals surface area contributed by atoms with Crippen molar-refractivity contribution in [1.29, 1.82) is 0 Å². The number of aromatic nitrogens is 1. The van der Waals surface area contributed by atoms with Crippen LogP contribution in [0, 0.1) is 0 Å². The Morgan fingerprint density at radius 1 is 1.38 bits per heavy atom. The van der Waals surface area contributed by atoms with E-state index in [-0.39, 0.29) is 6.10 Å². The van der Waals surface area contributed by atoms with E-state index >= 15 is 0 Å². The van der Waals surface area contributed by atoms with Crippen molar-refractivity contribution in [2.24, 2.45) is 0 Å². The maximum Gasteiger partial charge on any atom is 0.0950 e. The molecule has 0 fully saturated rings. The van der Waals surface area contributed by atoms with Gasteiger partial charge in [-0.2, -0.15) is 0 Å². The fourth-order valence-electron chi connectivity index (χ4n) is 1.56. The molecule has 1 atom stereocenters. The maximum absolute atomic E-state index is 9.92. The van der Waals surface area contributed by atoms with E-state index in [1.165, 1.54) is 0 Å². The lowest BCUT2D eigenvalue weighted by molar-refractivity contribution is 0.175. The van der Waals surface area contributed by atoms with Crippen LogP contribution in [0.25, 0.3) is 0 Å².